The van der Waals surface area contributed by atoms with Gasteiger partial charge in [0.05, 0.1) is 34.3 Å². The molecule has 2 N–H and O–H groups in total. The van der Waals surface area contributed by atoms with Gasteiger partial charge in [-0.15, -0.1) is 0 Å². The van der Waals surface area contributed by atoms with Crippen molar-refractivity contribution < 1.29 is 13.4 Å². The van der Waals surface area contributed by atoms with Gasteiger partial charge in [-0.2, -0.15) is 0 Å². The number of amides is 1. The third-order valence-electron chi connectivity index (χ3n) is 5.55. The van der Waals surface area contributed by atoms with E-state index in [1.165, 1.54) is 12.1 Å². The van der Waals surface area contributed by atoms with Crippen molar-refractivity contribution >= 4 is 33.4 Å². The second-order valence-corrected chi connectivity index (χ2v) is 9.50. The van der Waals surface area contributed by atoms with Gasteiger partial charge in [0, 0.05) is 16.3 Å². The summed E-state index contributed by atoms with van der Waals surface area (Å²) in [6.07, 6.45) is 0.177. The molecule has 4 aromatic rings. The molecule has 170 valence electrons. The number of imidazole rings is 1. The van der Waals surface area contributed by atoms with Crippen molar-refractivity contribution in [2.24, 2.45) is 0 Å². The lowest BCUT2D eigenvalue weighted by atomic mass is 10.1. The number of carbonyl (C=O) groups is 1. The van der Waals surface area contributed by atoms with E-state index in [1.807, 2.05) is 13.8 Å². The van der Waals surface area contributed by atoms with E-state index in [0.29, 0.717) is 22.5 Å². The number of aromatic nitrogens is 2. The quantitative estimate of drug-likeness (QED) is 0.425. The highest BCUT2D eigenvalue weighted by Crippen LogP contribution is 2.24. The molecule has 4 rings (SSSR count). The summed E-state index contributed by atoms with van der Waals surface area (Å²) in [4.78, 5) is 28.7. The summed E-state index contributed by atoms with van der Waals surface area (Å²) in [5.41, 5.74) is 3.20. The first-order chi connectivity index (χ1) is 15.9. The van der Waals surface area contributed by atoms with Gasteiger partial charge in [-0.25, -0.2) is 9.18 Å². The molecule has 0 aliphatic carbocycles. The fraction of sp³-hybridized carbons (Fsp3) is 0.200. The van der Waals surface area contributed by atoms with E-state index in [1.54, 1.807) is 59.2 Å². The molecule has 1 heterocycles. The lowest BCUT2D eigenvalue weighted by Crippen LogP contribution is -2.21. The first-order valence-electron chi connectivity index (χ1n) is 10.6. The maximum atomic E-state index is 13.3. The van der Waals surface area contributed by atoms with Crippen LogP contribution in [-0.2, 0) is 22.0 Å². The zero-order valence-corrected chi connectivity index (χ0v) is 19.1. The van der Waals surface area contributed by atoms with E-state index >= 15 is 0 Å². The van der Waals surface area contributed by atoms with Crippen LogP contribution in [0.3, 0.4) is 0 Å². The molecule has 1 amide bonds. The van der Waals surface area contributed by atoms with Crippen LogP contribution in [0.15, 0.2) is 76.4 Å². The number of halogens is 1. The van der Waals surface area contributed by atoms with Gasteiger partial charge in [-0.05, 0) is 60.5 Å². The topological polar surface area (TPSA) is 84.0 Å². The van der Waals surface area contributed by atoms with Crippen molar-refractivity contribution in [3.8, 4) is 0 Å². The predicted molar refractivity (Wildman–Crippen MR) is 128 cm³/mol. The fourth-order valence-corrected chi connectivity index (χ4v) is 4.57. The molecule has 0 saturated heterocycles. The number of hydrogen-bond donors (Lipinski definition) is 2. The summed E-state index contributed by atoms with van der Waals surface area (Å²) >= 11 is 0. The van der Waals surface area contributed by atoms with Gasteiger partial charge in [0.25, 0.3) is 0 Å². The second-order valence-electron chi connectivity index (χ2n) is 7.76. The van der Waals surface area contributed by atoms with Crippen molar-refractivity contribution in [3.05, 3.63) is 94.2 Å². The minimum Gasteiger partial charge on any atom is -0.326 e. The Morgan fingerprint density at radius 2 is 1.79 bits per heavy atom. The van der Waals surface area contributed by atoms with Crippen LogP contribution in [0.2, 0.25) is 0 Å². The largest absolute Gasteiger partial charge is 0.327 e. The van der Waals surface area contributed by atoms with E-state index in [4.69, 9.17) is 0 Å². The maximum absolute atomic E-state index is 13.3. The zero-order chi connectivity index (χ0) is 23.5. The van der Waals surface area contributed by atoms with Crippen LogP contribution in [0.1, 0.15) is 31.0 Å². The zero-order valence-electron chi connectivity index (χ0n) is 18.3. The average Bonchev–Trinajstić information content (AvgIpc) is 3.13. The third kappa shape index (κ3) is 4.96. The van der Waals surface area contributed by atoms with E-state index in [0.717, 1.165) is 16.0 Å². The molecular formula is C25H24FN3O3S. The van der Waals surface area contributed by atoms with Crippen LogP contribution < -0.4 is 11.0 Å². The second kappa shape index (κ2) is 9.54. The number of aromatic amines is 1. The van der Waals surface area contributed by atoms with Crippen molar-refractivity contribution in [3.63, 3.8) is 0 Å². The highest BCUT2D eigenvalue weighted by Gasteiger charge is 2.16. The molecule has 2 atom stereocenters. The molecule has 0 spiro atoms. The van der Waals surface area contributed by atoms with Crippen LogP contribution in [0.5, 0.6) is 0 Å². The highest BCUT2D eigenvalue weighted by atomic mass is 32.2. The molecule has 33 heavy (non-hydrogen) atoms. The van der Waals surface area contributed by atoms with Crippen LogP contribution >= 0.6 is 0 Å². The number of anilines is 1. The van der Waals surface area contributed by atoms with Gasteiger partial charge >= 0.3 is 5.69 Å². The Bertz CT molecular complexity index is 1380. The first kappa shape index (κ1) is 22.7. The Hall–Kier alpha value is -3.52. The molecule has 0 aliphatic heterocycles. The Kier molecular flexibility index (Phi) is 6.55. The monoisotopic (exact) mass is 465 g/mol. The molecule has 8 heteroatoms. The summed E-state index contributed by atoms with van der Waals surface area (Å²) < 4.78 is 26.7. The molecule has 3 aromatic carbocycles. The van der Waals surface area contributed by atoms with Crippen LogP contribution in [-0.4, -0.2) is 25.4 Å². The van der Waals surface area contributed by atoms with Gasteiger partial charge in [0.2, 0.25) is 5.91 Å². The van der Waals surface area contributed by atoms with E-state index in [-0.39, 0.29) is 29.9 Å². The van der Waals surface area contributed by atoms with Gasteiger partial charge in [0.1, 0.15) is 5.82 Å². The molecule has 0 fully saturated rings. The Morgan fingerprint density at radius 1 is 1.09 bits per heavy atom. The molecule has 2 unspecified atom stereocenters. The number of hydrogen-bond acceptors (Lipinski definition) is 3. The molecule has 0 radical (unpaired) electrons. The number of fused-ring (bicyclic) bond motifs is 1. The number of H-pyrrole nitrogens is 1. The standard InChI is InChI=1S/C25H24FN3O3S/c1-3-33(32)21-11-4-17(5-12-21)14-24(30)27-20-10-13-23-22(15-20)28-25(31)29(23)16(2)18-6-8-19(26)9-7-18/h4-13,15-16H,3,14H2,1-2H3,(H,27,30)(H,28,31). The number of rotatable bonds is 7. The average molecular weight is 466 g/mol. The van der Waals surface area contributed by atoms with Gasteiger partial charge in [0.15, 0.2) is 0 Å². The summed E-state index contributed by atoms with van der Waals surface area (Å²) in [5, 5.41) is 2.86. The normalized spacial score (nSPS) is 13.1. The Balaban J connectivity index is 1.50. The lowest BCUT2D eigenvalue weighted by molar-refractivity contribution is -0.115. The Morgan fingerprint density at radius 3 is 2.45 bits per heavy atom. The SMILES string of the molecule is CCS(=O)c1ccc(CC(=O)Nc2ccc3c(c2)[nH]c(=O)n3C(C)c2ccc(F)cc2)cc1. The minimum atomic E-state index is -1.02. The number of nitrogens with one attached hydrogen (secondary N) is 2. The number of carbonyl (C=O) groups excluding carboxylic acids is 1. The molecule has 0 saturated carbocycles. The van der Waals surface area contributed by atoms with Crippen LogP contribution in [0, 0.1) is 5.82 Å². The molecule has 1 aromatic heterocycles. The first-order valence-corrected chi connectivity index (χ1v) is 11.9. The Labute approximate surface area is 192 Å². The molecular weight excluding hydrogens is 441 g/mol. The minimum absolute atomic E-state index is 0.177. The van der Waals surface area contributed by atoms with Crippen LogP contribution in [0.4, 0.5) is 10.1 Å². The van der Waals surface area contributed by atoms with E-state index < -0.39 is 10.8 Å². The lowest BCUT2D eigenvalue weighted by Gasteiger charge is -2.14. The van der Waals surface area contributed by atoms with Crippen molar-refractivity contribution in [2.45, 2.75) is 31.2 Å². The van der Waals surface area contributed by atoms with Gasteiger partial charge < -0.3 is 10.3 Å². The summed E-state index contributed by atoms with van der Waals surface area (Å²) in [5.74, 6) is 0.0269. The van der Waals surface area contributed by atoms with E-state index in [2.05, 4.69) is 10.3 Å². The summed E-state index contributed by atoms with van der Waals surface area (Å²) in [6, 6.07) is 18.2. The number of benzene rings is 3. The van der Waals surface area contributed by atoms with Crippen molar-refractivity contribution in [2.75, 3.05) is 11.1 Å². The predicted octanol–water partition coefficient (Wildman–Crippen LogP) is 4.39. The third-order valence-corrected chi connectivity index (χ3v) is 6.88. The smallest absolute Gasteiger partial charge is 0.326 e. The summed E-state index contributed by atoms with van der Waals surface area (Å²) in [7, 11) is -1.02. The van der Waals surface area contributed by atoms with Crippen molar-refractivity contribution in [1.82, 2.24) is 9.55 Å². The molecule has 6 nitrogen and oxygen atoms in total. The van der Waals surface area contributed by atoms with Crippen molar-refractivity contribution in [1.29, 1.82) is 0 Å². The number of nitrogens with zero attached hydrogens (tertiary/aromatic N) is 1. The highest BCUT2D eigenvalue weighted by molar-refractivity contribution is 7.85. The van der Waals surface area contributed by atoms with Gasteiger partial charge in [-0.1, -0.05) is 31.2 Å². The maximum Gasteiger partial charge on any atom is 0.327 e. The van der Waals surface area contributed by atoms with E-state index in [9.17, 15) is 18.2 Å². The molecule has 0 aliphatic rings. The summed E-state index contributed by atoms with van der Waals surface area (Å²) in [6.45, 7) is 3.73. The van der Waals surface area contributed by atoms with Gasteiger partial charge in [-0.3, -0.25) is 13.6 Å². The fourth-order valence-electron chi connectivity index (χ4n) is 3.80. The molecule has 0 bridgehead atoms. The van der Waals surface area contributed by atoms with Crippen LogP contribution in [0.25, 0.3) is 11.0 Å².